The van der Waals surface area contributed by atoms with Gasteiger partial charge in [0, 0.05) is 0 Å². The van der Waals surface area contributed by atoms with Gasteiger partial charge in [-0.2, -0.15) is 4.94 Å². The van der Waals surface area contributed by atoms with Gasteiger partial charge in [-0.15, -0.1) is 0 Å². The minimum atomic E-state index is 0.00389. The second-order valence-corrected chi connectivity index (χ2v) is 3.87. The van der Waals surface area contributed by atoms with Gasteiger partial charge in [0.15, 0.2) is 0 Å². The molecule has 11 heavy (non-hydrogen) atoms. The van der Waals surface area contributed by atoms with Gasteiger partial charge < -0.3 is 0 Å². The number of hydrogen-bond acceptors (Lipinski definition) is 1. The minimum absolute atomic E-state index is 0.00389. The molecule has 0 saturated carbocycles. The zero-order chi connectivity index (χ0) is 8.74. The van der Waals surface area contributed by atoms with Crippen LogP contribution in [0.5, 0.6) is 0 Å². The van der Waals surface area contributed by atoms with Crippen molar-refractivity contribution in [2.45, 2.75) is 46.5 Å². The lowest BCUT2D eigenvalue weighted by molar-refractivity contribution is -0.159. The van der Waals surface area contributed by atoms with Crippen LogP contribution in [-0.2, 0) is 4.94 Å². The topological polar surface area (TPSA) is 9.23 Å². The summed E-state index contributed by atoms with van der Waals surface area (Å²) in [5, 5.41) is 0. The van der Waals surface area contributed by atoms with Crippen LogP contribution in [0.15, 0.2) is 0 Å². The van der Waals surface area contributed by atoms with Gasteiger partial charge in [0.25, 0.3) is 0 Å². The van der Waals surface area contributed by atoms with E-state index in [1.54, 1.807) is 0 Å². The molecule has 0 aliphatic heterocycles. The fourth-order valence-corrected chi connectivity index (χ4v) is 1.07. The zero-order valence-electron chi connectivity index (χ0n) is 7.82. The summed E-state index contributed by atoms with van der Waals surface area (Å²) in [4.78, 5) is 3.64. The molecule has 0 fully saturated rings. The third-order valence-electron chi connectivity index (χ3n) is 1.90. The Hall–Kier alpha value is -0.110. The van der Waals surface area contributed by atoms with E-state index in [0.717, 1.165) is 6.42 Å². The molecule has 2 heteroatoms. The van der Waals surface area contributed by atoms with E-state index in [4.69, 9.17) is 0 Å². The van der Waals surface area contributed by atoms with Gasteiger partial charge in [0.05, 0.1) is 6.61 Å². The van der Waals surface area contributed by atoms with Crippen molar-refractivity contribution in [1.82, 2.24) is 0 Å². The lowest BCUT2D eigenvalue weighted by Crippen LogP contribution is -2.16. The van der Waals surface area contributed by atoms with E-state index in [0.29, 0.717) is 0 Å². The molecule has 0 aromatic carbocycles. The van der Waals surface area contributed by atoms with E-state index in [-0.39, 0.29) is 12.0 Å². The summed E-state index contributed by atoms with van der Waals surface area (Å²) < 4.78 is 11.5. The van der Waals surface area contributed by atoms with E-state index >= 15 is 0 Å². The van der Waals surface area contributed by atoms with Crippen molar-refractivity contribution in [2.75, 3.05) is 6.61 Å². The Morgan fingerprint density at radius 3 is 2.36 bits per heavy atom. The summed E-state index contributed by atoms with van der Waals surface area (Å²) >= 11 is 0. The van der Waals surface area contributed by atoms with Crippen LogP contribution in [0.4, 0.5) is 4.53 Å². The molecule has 0 aromatic heterocycles. The Balaban J connectivity index is 3.38. The molecule has 0 radical (unpaired) electrons. The Bertz CT molecular complexity index is 91.6. The summed E-state index contributed by atoms with van der Waals surface area (Å²) in [7, 11) is 0. The maximum absolute atomic E-state index is 11.5. The highest BCUT2D eigenvalue weighted by Gasteiger charge is 2.17. The molecule has 0 N–H and O–H groups in total. The van der Waals surface area contributed by atoms with E-state index in [2.05, 4.69) is 11.9 Å². The monoisotopic (exact) mass is 162 g/mol. The molecule has 68 valence electrons. The van der Waals surface area contributed by atoms with Crippen molar-refractivity contribution in [1.29, 1.82) is 0 Å². The minimum Gasteiger partial charge on any atom is -0.194 e. The second-order valence-electron chi connectivity index (χ2n) is 3.87. The first-order chi connectivity index (χ1) is 5.12. The van der Waals surface area contributed by atoms with Crippen molar-refractivity contribution in [2.24, 2.45) is 5.41 Å². The Morgan fingerprint density at radius 1 is 1.27 bits per heavy atom. The highest BCUT2D eigenvalue weighted by atomic mass is 19.3. The van der Waals surface area contributed by atoms with Gasteiger partial charge in [-0.25, -0.2) is 0 Å². The molecule has 0 heterocycles. The molecule has 1 nitrogen and oxygen atoms in total. The second kappa shape index (κ2) is 5.53. The lowest BCUT2D eigenvalue weighted by Gasteiger charge is -2.21. The van der Waals surface area contributed by atoms with Crippen molar-refractivity contribution < 1.29 is 9.47 Å². The SMILES string of the molecule is CCCCCC(C)(C)COF. The lowest BCUT2D eigenvalue weighted by atomic mass is 9.88. The van der Waals surface area contributed by atoms with Crippen molar-refractivity contribution in [3.63, 3.8) is 0 Å². The Kier molecular flexibility index (Phi) is 5.47. The summed E-state index contributed by atoms with van der Waals surface area (Å²) in [5.74, 6) is 0. The fourth-order valence-electron chi connectivity index (χ4n) is 1.07. The molecule has 0 aromatic rings. The third kappa shape index (κ3) is 6.29. The van der Waals surface area contributed by atoms with Crippen LogP contribution < -0.4 is 0 Å². The van der Waals surface area contributed by atoms with Gasteiger partial charge in [0.1, 0.15) is 0 Å². The Morgan fingerprint density at radius 2 is 1.91 bits per heavy atom. The smallest absolute Gasteiger partial charge is 0.0927 e. The molecule has 0 bridgehead atoms. The van der Waals surface area contributed by atoms with E-state index in [9.17, 15) is 4.53 Å². The fraction of sp³-hybridized carbons (Fsp3) is 1.00. The average molecular weight is 162 g/mol. The standard InChI is InChI=1S/C9H19FO/c1-4-5-6-7-9(2,3)8-11-10/h4-8H2,1-3H3. The number of halogens is 1. The summed E-state index contributed by atoms with van der Waals surface area (Å²) in [5.41, 5.74) is 0.00389. The van der Waals surface area contributed by atoms with Gasteiger partial charge in [-0.1, -0.05) is 40.0 Å². The van der Waals surface area contributed by atoms with Crippen molar-refractivity contribution in [3.05, 3.63) is 0 Å². The van der Waals surface area contributed by atoms with Crippen LogP contribution >= 0.6 is 0 Å². The van der Waals surface area contributed by atoms with Crippen LogP contribution in [0, 0.1) is 5.41 Å². The quantitative estimate of drug-likeness (QED) is 0.543. The van der Waals surface area contributed by atoms with Crippen LogP contribution in [0.25, 0.3) is 0 Å². The molecule has 0 unspecified atom stereocenters. The number of unbranched alkanes of at least 4 members (excludes halogenated alkanes) is 2. The van der Waals surface area contributed by atoms with Gasteiger partial charge in [0.2, 0.25) is 0 Å². The van der Waals surface area contributed by atoms with Gasteiger partial charge in [-0.3, -0.25) is 0 Å². The van der Waals surface area contributed by atoms with E-state index in [1.165, 1.54) is 19.3 Å². The van der Waals surface area contributed by atoms with E-state index in [1.807, 2.05) is 13.8 Å². The first kappa shape index (κ1) is 10.9. The van der Waals surface area contributed by atoms with Crippen LogP contribution in [0.2, 0.25) is 0 Å². The predicted molar refractivity (Wildman–Crippen MR) is 45.0 cm³/mol. The summed E-state index contributed by atoms with van der Waals surface area (Å²) in [6.45, 7) is 6.44. The third-order valence-corrected chi connectivity index (χ3v) is 1.90. The van der Waals surface area contributed by atoms with Crippen molar-refractivity contribution in [3.8, 4) is 0 Å². The van der Waals surface area contributed by atoms with Crippen LogP contribution in [-0.4, -0.2) is 6.61 Å². The molecule has 0 atom stereocenters. The van der Waals surface area contributed by atoms with E-state index < -0.39 is 0 Å². The zero-order valence-corrected chi connectivity index (χ0v) is 7.82. The normalized spacial score (nSPS) is 12.0. The van der Waals surface area contributed by atoms with Gasteiger partial charge >= 0.3 is 0 Å². The predicted octanol–water partition coefficient (Wildman–Crippen LogP) is 3.49. The summed E-state index contributed by atoms with van der Waals surface area (Å²) in [6.07, 6.45) is 4.67. The largest absolute Gasteiger partial charge is 0.194 e. The molecule has 0 aliphatic rings. The molecular formula is C9H19FO. The number of rotatable bonds is 6. The van der Waals surface area contributed by atoms with Crippen molar-refractivity contribution >= 4 is 0 Å². The van der Waals surface area contributed by atoms with Crippen LogP contribution in [0.3, 0.4) is 0 Å². The first-order valence-electron chi connectivity index (χ1n) is 4.36. The molecule has 0 amide bonds. The van der Waals surface area contributed by atoms with Crippen LogP contribution in [0.1, 0.15) is 46.5 Å². The maximum atomic E-state index is 11.5. The summed E-state index contributed by atoms with van der Waals surface area (Å²) in [6, 6.07) is 0. The number of hydrogen-bond donors (Lipinski definition) is 0. The molecule has 0 rings (SSSR count). The molecule has 0 spiro atoms. The highest BCUT2D eigenvalue weighted by molar-refractivity contribution is 4.66. The Labute approximate surface area is 68.8 Å². The molecular weight excluding hydrogens is 143 g/mol. The molecule has 0 saturated heterocycles. The average Bonchev–Trinajstić information content (AvgIpc) is 1.87. The van der Waals surface area contributed by atoms with Gasteiger partial charge in [-0.05, 0) is 16.4 Å². The maximum Gasteiger partial charge on any atom is 0.0927 e. The molecule has 0 aliphatic carbocycles. The first-order valence-corrected chi connectivity index (χ1v) is 4.36. The highest BCUT2D eigenvalue weighted by Crippen LogP contribution is 2.23.